The van der Waals surface area contributed by atoms with Gasteiger partial charge in [0.25, 0.3) is 0 Å². The Balaban J connectivity index is 2.01. The van der Waals surface area contributed by atoms with Crippen molar-refractivity contribution in [1.29, 1.82) is 0 Å². The zero-order chi connectivity index (χ0) is 20.1. The van der Waals surface area contributed by atoms with E-state index in [1.165, 1.54) is 0 Å². The number of carbonyl (C=O) groups excluding carboxylic acids is 2. The van der Waals surface area contributed by atoms with E-state index < -0.39 is 11.5 Å². The largest absolute Gasteiger partial charge is 0.379 e. The zero-order valence-corrected chi connectivity index (χ0v) is 17.1. The molecule has 3 unspecified atom stereocenters. The number of methoxy groups -OCH3 is 1. The van der Waals surface area contributed by atoms with Gasteiger partial charge in [0.15, 0.2) is 0 Å². The summed E-state index contributed by atoms with van der Waals surface area (Å²) in [5.74, 6) is -0.592. The summed E-state index contributed by atoms with van der Waals surface area (Å²) in [5.41, 5.74) is 1.26. The molecule has 2 aromatic rings. The number of rotatable bonds is 2. The van der Waals surface area contributed by atoms with Gasteiger partial charge in [-0.1, -0.05) is 41.4 Å². The Kier molecular flexibility index (Phi) is 4.86. The molecule has 2 heterocycles. The van der Waals surface area contributed by atoms with Crippen molar-refractivity contribution in [2.45, 2.75) is 23.9 Å². The van der Waals surface area contributed by atoms with E-state index in [0.29, 0.717) is 22.3 Å². The van der Waals surface area contributed by atoms with E-state index in [1.54, 1.807) is 37.3 Å². The summed E-state index contributed by atoms with van der Waals surface area (Å²) < 4.78 is 5.79. The van der Waals surface area contributed by atoms with Gasteiger partial charge in [0.05, 0.1) is 12.5 Å². The van der Waals surface area contributed by atoms with Gasteiger partial charge in [-0.05, 0) is 35.4 Å². The highest BCUT2D eigenvalue weighted by atomic mass is 35.5. The fourth-order valence-corrected chi connectivity index (χ4v) is 4.95. The quantitative estimate of drug-likeness (QED) is 0.805. The number of hydrogen-bond acceptors (Lipinski definition) is 3. The Morgan fingerprint density at radius 3 is 2.61 bits per heavy atom. The van der Waals surface area contributed by atoms with E-state index in [4.69, 9.17) is 27.9 Å². The maximum atomic E-state index is 13.5. The first-order valence-corrected chi connectivity index (χ1v) is 9.77. The van der Waals surface area contributed by atoms with Gasteiger partial charge in [0.1, 0.15) is 5.41 Å². The fourth-order valence-electron chi connectivity index (χ4n) is 4.57. The third kappa shape index (κ3) is 2.81. The number of nitrogens with zero attached hydrogens (tertiary/aromatic N) is 1. The second-order valence-electron chi connectivity index (χ2n) is 7.32. The van der Waals surface area contributed by atoms with Crippen LogP contribution in [0.15, 0.2) is 42.5 Å². The van der Waals surface area contributed by atoms with Crippen LogP contribution in [0, 0.1) is 0 Å². The molecule has 0 saturated carbocycles. The second kappa shape index (κ2) is 7.07. The SMILES string of the molecule is COC1CC(=O)N(C)CC(c2cccc(Cl)c2)C12C(=O)Nc1cc(Cl)ccc12. The van der Waals surface area contributed by atoms with E-state index in [9.17, 15) is 9.59 Å². The van der Waals surface area contributed by atoms with E-state index in [0.717, 1.165) is 11.1 Å². The molecule has 0 bridgehead atoms. The van der Waals surface area contributed by atoms with Crippen molar-refractivity contribution in [3.63, 3.8) is 0 Å². The van der Waals surface area contributed by atoms with Crippen LogP contribution in [0.25, 0.3) is 0 Å². The monoisotopic (exact) mass is 418 g/mol. The van der Waals surface area contributed by atoms with Gasteiger partial charge in [-0.3, -0.25) is 9.59 Å². The molecule has 5 nitrogen and oxygen atoms in total. The Bertz CT molecular complexity index is 964. The van der Waals surface area contributed by atoms with Gasteiger partial charge in [0.2, 0.25) is 11.8 Å². The third-order valence-electron chi connectivity index (χ3n) is 5.89. The van der Waals surface area contributed by atoms with Crippen molar-refractivity contribution in [2.24, 2.45) is 0 Å². The van der Waals surface area contributed by atoms with Gasteiger partial charge in [-0.25, -0.2) is 0 Å². The minimum atomic E-state index is -1.07. The third-order valence-corrected chi connectivity index (χ3v) is 6.36. The number of carbonyl (C=O) groups is 2. The van der Waals surface area contributed by atoms with Gasteiger partial charge >= 0.3 is 0 Å². The van der Waals surface area contributed by atoms with E-state index >= 15 is 0 Å². The average molecular weight is 419 g/mol. The number of ether oxygens (including phenoxy) is 1. The predicted molar refractivity (Wildman–Crippen MR) is 109 cm³/mol. The first-order chi connectivity index (χ1) is 13.4. The summed E-state index contributed by atoms with van der Waals surface area (Å²) >= 11 is 12.4. The molecule has 1 spiro atoms. The Hall–Kier alpha value is -2.08. The highest BCUT2D eigenvalue weighted by Gasteiger charge is 2.60. The molecule has 28 heavy (non-hydrogen) atoms. The molecule has 1 fully saturated rings. The molecular formula is C21H20Cl2N2O3. The minimum Gasteiger partial charge on any atom is -0.379 e. The maximum Gasteiger partial charge on any atom is 0.238 e. The van der Waals surface area contributed by atoms with E-state index in [1.807, 2.05) is 24.3 Å². The summed E-state index contributed by atoms with van der Waals surface area (Å²) in [6.45, 7) is 0.370. The van der Waals surface area contributed by atoms with Crippen molar-refractivity contribution in [2.75, 3.05) is 26.0 Å². The van der Waals surface area contributed by atoms with Crippen LogP contribution in [0.5, 0.6) is 0 Å². The first-order valence-electron chi connectivity index (χ1n) is 9.01. The Morgan fingerprint density at radius 1 is 1.14 bits per heavy atom. The molecule has 1 N–H and O–H groups in total. The standard InChI is InChI=1S/C21H20Cl2N2O3/c1-25-11-16(12-4-3-5-13(22)8-12)21(18(28-2)10-19(25)26)15-7-6-14(23)9-17(15)24-20(21)27/h3-9,16,18H,10-11H2,1-2H3,(H,24,27). The number of amides is 2. The molecular weight excluding hydrogens is 399 g/mol. The molecule has 2 amide bonds. The number of halogens is 2. The molecule has 2 aromatic carbocycles. The summed E-state index contributed by atoms with van der Waals surface area (Å²) in [4.78, 5) is 27.9. The van der Waals surface area contributed by atoms with Gasteiger partial charge in [0, 0.05) is 42.4 Å². The number of hydrogen-bond donors (Lipinski definition) is 1. The number of nitrogens with one attached hydrogen (secondary N) is 1. The average Bonchev–Trinajstić information content (AvgIpc) is 2.88. The normalized spacial score (nSPS) is 26.9. The van der Waals surface area contributed by atoms with Crippen LogP contribution in [0.2, 0.25) is 10.0 Å². The Labute approximate surface area is 173 Å². The highest BCUT2D eigenvalue weighted by Crippen LogP contribution is 2.53. The lowest BCUT2D eigenvalue weighted by Gasteiger charge is -2.39. The smallest absolute Gasteiger partial charge is 0.238 e. The van der Waals surface area contributed by atoms with Crippen molar-refractivity contribution < 1.29 is 14.3 Å². The summed E-state index contributed by atoms with van der Waals surface area (Å²) in [5, 5.41) is 4.08. The topological polar surface area (TPSA) is 58.6 Å². The Morgan fingerprint density at radius 2 is 1.89 bits per heavy atom. The molecule has 7 heteroatoms. The summed E-state index contributed by atoms with van der Waals surface area (Å²) in [6, 6.07) is 12.8. The van der Waals surface area contributed by atoms with E-state index in [2.05, 4.69) is 5.32 Å². The highest BCUT2D eigenvalue weighted by molar-refractivity contribution is 6.31. The van der Waals surface area contributed by atoms with Crippen LogP contribution in [0.1, 0.15) is 23.5 Å². The fraction of sp³-hybridized carbons (Fsp3) is 0.333. The van der Waals surface area contributed by atoms with Crippen LogP contribution >= 0.6 is 23.2 Å². The van der Waals surface area contributed by atoms with Gasteiger partial charge < -0.3 is 15.0 Å². The van der Waals surface area contributed by atoms with Crippen molar-refractivity contribution >= 4 is 40.7 Å². The maximum absolute atomic E-state index is 13.5. The molecule has 3 atom stereocenters. The van der Waals surface area contributed by atoms with Crippen LogP contribution in [-0.4, -0.2) is 43.5 Å². The van der Waals surface area contributed by atoms with E-state index in [-0.39, 0.29) is 24.2 Å². The van der Waals surface area contributed by atoms with Crippen LogP contribution < -0.4 is 5.32 Å². The number of fused-ring (bicyclic) bond motifs is 2. The lowest BCUT2D eigenvalue weighted by molar-refractivity contribution is -0.132. The number of likely N-dealkylation sites (N-methyl/N-ethyl adjacent to an activating group) is 1. The molecule has 0 aliphatic carbocycles. The molecule has 2 aliphatic rings. The van der Waals surface area contributed by atoms with Crippen LogP contribution in [0.4, 0.5) is 5.69 Å². The van der Waals surface area contributed by atoms with Gasteiger partial charge in [-0.2, -0.15) is 0 Å². The second-order valence-corrected chi connectivity index (χ2v) is 8.20. The van der Waals surface area contributed by atoms with Crippen LogP contribution in [-0.2, 0) is 19.7 Å². The van der Waals surface area contributed by atoms with Crippen molar-refractivity contribution in [3.8, 4) is 0 Å². The van der Waals surface area contributed by atoms with Gasteiger partial charge in [-0.15, -0.1) is 0 Å². The number of benzene rings is 2. The minimum absolute atomic E-state index is 0.0639. The lowest BCUT2D eigenvalue weighted by Crippen LogP contribution is -2.51. The molecule has 146 valence electrons. The number of anilines is 1. The zero-order valence-electron chi connectivity index (χ0n) is 15.5. The number of likely N-dealkylation sites (tertiary alicyclic amines) is 1. The molecule has 2 aliphatic heterocycles. The lowest BCUT2D eigenvalue weighted by atomic mass is 9.64. The summed E-state index contributed by atoms with van der Waals surface area (Å²) in [7, 11) is 3.29. The predicted octanol–water partition coefficient (Wildman–Crippen LogP) is 3.84. The first kappa shape index (κ1) is 19.2. The summed E-state index contributed by atoms with van der Waals surface area (Å²) in [6.07, 6.45) is -0.518. The molecule has 1 saturated heterocycles. The molecule has 4 rings (SSSR count). The molecule has 0 radical (unpaired) electrons. The van der Waals surface area contributed by atoms with Crippen molar-refractivity contribution in [1.82, 2.24) is 4.90 Å². The molecule has 0 aromatic heterocycles. The van der Waals surface area contributed by atoms with Crippen molar-refractivity contribution in [3.05, 3.63) is 63.6 Å². The van der Waals surface area contributed by atoms with Crippen LogP contribution in [0.3, 0.4) is 0 Å².